The first-order valence-electron chi connectivity index (χ1n) is 5.77. The van der Waals surface area contributed by atoms with Gasteiger partial charge in [-0.1, -0.05) is 50.6 Å². The molecule has 1 aromatic carbocycles. The van der Waals surface area contributed by atoms with Crippen molar-refractivity contribution < 1.29 is 9.53 Å². The first-order valence-corrected chi connectivity index (χ1v) is 5.77. The predicted molar refractivity (Wildman–Crippen MR) is 65.5 cm³/mol. The van der Waals surface area contributed by atoms with Crippen LogP contribution in [-0.4, -0.2) is 19.5 Å². The number of Topliss-reactive ketones (excluding diaryl/α,β-unsaturated/α-hetero) is 1. The standard InChI is InChI=1S/C14H20O2/c1-4-11(2)14(13(15)10-16-3)12-8-6-5-7-9-12/h5-9,11,14H,4,10H2,1-3H3. The van der Waals surface area contributed by atoms with Gasteiger partial charge in [-0.05, 0) is 11.5 Å². The quantitative estimate of drug-likeness (QED) is 0.736. The van der Waals surface area contributed by atoms with Crippen LogP contribution < -0.4 is 0 Å². The van der Waals surface area contributed by atoms with Crippen molar-refractivity contribution in [2.75, 3.05) is 13.7 Å². The Kier molecular flexibility index (Phi) is 5.20. The lowest BCUT2D eigenvalue weighted by molar-refractivity contribution is -0.125. The van der Waals surface area contributed by atoms with Crippen LogP contribution in [0.25, 0.3) is 0 Å². The molecule has 2 heteroatoms. The third kappa shape index (κ3) is 3.17. The van der Waals surface area contributed by atoms with Gasteiger partial charge in [0.25, 0.3) is 0 Å². The van der Waals surface area contributed by atoms with E-state index < -0.39 is 0 Å². The van der Waals surface area contributed by atoms with Crippen molar-refractivity contribution in [2.24, 2.45) is 5.92 Å². The van der Waals surface area contributed by atoms with Gasteiger partial charge in [0.15, 0.2) is 5.78 Å². The van der Waals surface area contributed by atoms with Gasteiger partial charge in [-0.15, -0.1) is 0 Å². The monoisotopic (exact) mass is 220 g/mol. The summed E-state index contributed by atoms with van der Waals surface area (Å²) < 4.78 is 4.95. The molecular formula is C14H20O2. The topological polar surface area (TPSA) is 26.3 Å². The van der Waals surface area contributed by atoms with Gasteiger partial charge in [0.05, 0.1) is 0 Å². The molecule has 0 N–H and O–H groups in total. The van der Waals surface area contributed by atoms with Crippen LogP contribution in [0.4, 0.5) is 0 Å². The summed E-state index contributed by atoms with van der Waals surface area (Å²) >= 11 is 0. The fourth-order valence-corrected chi connectivity index (χ4v) is 1.96. The minimum atomic E-state index is -0.0360. The van der Waals surface area contributed by atoms with E-state index in [4.69, 9.17) is 4.74 Å². The maximum atomic E-state index is 12.0. The molecule has 0 heterocycles. The Balaban J connectivity index is 2.92. The van der Waals surface area contributed by atoms with Crippen LogP contribution in [0.2, 0.25) is 0 Å². The van der Waals surface area contributed by atoms with Crippen LogP contribution in [0.1, 0.15) is 31.7 Å². The Morgan fingerprint density at radius 1 is 1.31 bits per heavy atom. The Hall–Kier alpha value is -1.15. The van der Waals surface area contributed by atoms with Crippen molar-refractivity contribution in [1.82, 2.24) is 0 Å². The number of benzene rings is 1. The molecule has 2 unspecified atom stereocenters. The SMILES string of the molecule is CCC(C)C(C(=O)COC)c1ccccc1. The second-order valence-electron chi connectivity index (χ2n) is 4.17. The van der Waals surface area contributed by atoms with Gasteiger partial charge < -0.3 is 4.74 Å². The highest BCUT2D eigenvalue weighted by molar-refractivity contribution is 5.87. The highest BCUT2D eigenvalue weighted by atomic mass is 16.5. The smallest absolute Gasteiger partial charge is 0.166 e. The highest BCUT2D eigenvalue weighted by Crippen LogP contribution is 2.27. The number of rotatable bonds is 6. The number of methoxy groups -OCH3 is 1. The summed E-state index contributed by atoms with van der Waals surface area (Å²) in [5.74, 6) is 0.485. The Bertz CT molecular complexity index is 319. The minimum Gasteiger partial charge on any atom is -0.377 e. The number of ketones is 1. The number of ether oxygens (including phenoxy) is 1. The van der Waals surface area contributed by atoms with Crippen molar-refractivity contribution in [3.63, 3.8) is 0 Å². The van der Waals surface area contributed by atoms with Gasteiger partial charge in [0.1, 0.15) is 6.61 Å². The molecule has 0 radical (unpaired) electrons. The Morgan fingerprint density at radius 2 is 1.94 bits per heavy atom. The summed E-state index contributed by atoms with van der Waals surface area (Å²) in [6.45, 7) is 4.43. The zero-order chi connectivity index (χ0) is 12.0. The molecule has 0 saturated heterocycles. The van der Waals surface area contributed by atoms with E-state index in [1.54, 1.807) is 7.11 Å². The fourth-order valence-electron chi connectivity index (χ4n) is 1.96. The average molecular weight is 220 g/mol. The van der Waals surface area contributed by atoms with E-state index >= 15 is 0 Å². The van der Waals surface area contributed by atoms with E-state index in [1.165, 1.54) is 0 Å². The maximum absolute atomic E-state index is 12.0. The summed E-state index contributed by atoms with van der Waals surface area (Å²) in [5, 5.41) is 0. The third-order valence-corrected chi connectivity index (χ3v) is 3.01. The van der Waals surface area contributed by atoms with E-state index in [1.807, 2.05) is 30.3 Å². The predicted octanol–water partition coefficient (Wildman–Crippen LogP) is 3.03. The summed E-state index contributed by atoms with van der Waals surface area (Å²) in [4.78, 5) is 12.0. The molecule has 0 saturated carbocycles. The van der Waals surface area contributed by atoms with Gasteiger partial charge in [0.2, 0.25) is 0 Å². The van der Waals surface area contributed by atoms with Crippen LogP contribution in [-0.2, 0) is 9.53 Å². The molecule has 0 aliphatic carbocycles. The van der Waals surface area contributed by atoms with Gasteiger partial charge >= 0.3 is 0 Å². The largest absolute Gasteiger partial charge is 0.377 e. The van der Waals surface area contributed by atoms with Crippen LogP contribution >= 0.6 is 0 Å². The zero-order valence-corrected chi connectivity index (χ0v) is 10.3. The van der Waals surface area contributed by atoms with Crippen LogP contribution in [0.3, 0.4) is 0 Å². The average Bonchev–Trinajstić information content (AvgIpc) is 2.31. The summed E-state index contributed by atoms with van der Waals surface area (Å²) in [7, 11) is 1.57. The number of hydrogen-bond donors (Lipinski definition) is 0. The first kappa shape index (κ1) is 12.9. The van der Waals surface area contributed by atoms with E-state index in [9.17, 15) is 4.79 Å². The molecule has 0 bridgehead atoms. The number of carbonyl (C=O) groups excluding carboxylic acids is 1. The minimum absolute atomic E-state index is 0.0360. The molecule has 2 nitrogen and oxygen atoms in total. The van der Waals surface area contributed by atoms with Gasteiger partial charge in [-0.2, -0.15) is 0 Å². The zero-order valence-electron chi connectivity index (χ0n) is 10.3. The van der Waals surface area contributed by atoms with E-state index in [0.717, 1.165) is 12.0 Å². The van der Waals surface area contributed by atoms with Gasteiger partial charge in [-0.25, -0.2) is 0 Å². The van der Waals surface area contributed by atoms with Crippen LogP contribution in [0.15, 0.2) is 30.3 Å². The normalized spacial score (nSPS) is 14.4. The number of carbonyl (C=O) groups is 1. The molecule has 0 amide bonds. The number of hydrogen-bond acceptors (Lipinski definition) is 2. The van der Waals surface area contributed by atoms with Crippen molar-refractivity contribution in [2.45, 2.75) is 26.2 Å². The second kappa shape index (κ2) is 6.44. The molecule has 0 aliphatic heterocycles. The summed E-state index contributed by atoms with van der Waals surface area (Å²) in [5.41, 5.74) is 1.10. The molecule has 1 aromatic rings. The maximum Gasteiger partial charge on any atom is 0.166 e. The molecule has 0 aromatic heterocycles. The van der Waals surface area contributed by atoms with Crippen molar-refractivity contribution >= 4 is 5.78 Å². The third-order valence-electron chi connectivity index (χ3n) is 3.01. The van der Waals surface area contributed by atoms with Gasteiger partial charge in [-0.3, -0.25) is 4.79 Å². The summed E-state index contributed by atoms with van der Waals surface area (Å²) in [6, 6.07) is 9.96. The molecule has 2 atom stereocenters. The van der Waals surface area contributed by atoms with E-state index in [-0.39, 0.29) is 18.3 Å². The fraction of sp³-hybridized carbons (Fsp3) is 0.500. The molecule has 0 spiro atoms. The lowest BCUT2D eigenvalue weighted by Crippen LogP contribution is -2.23. The van der Waals surface area contributed by atoms with Crippen LogP contribution in [0, 0.1) is 5.92 Å². The van der Waals surface area contributed by atoms with E-state index in [0.29, 0.717) is 5.92 Å². The Morgan fingerprint density at radius 3 is 2.44 bits per heavy atom. The Labute approximate surface area is 97.6 Å². The van der Waals surface area contributed by atoms with Gasteiger partial charge in [0, 0.05) is 13.0 Å². The molecule has 16 heavy (non-hydrogen) atoms. The molecule has 0 aliphatic rings. The second-order valence-corrected chi connectivity index (χ2v) is 4.17. The first-order chi connectivity index (χ1) is 7.70. The van der Waals surface area contributed by atoms with Crippen LogP contribution in [0.5, 0.6) is 0 Å². The molecular weight excluding hydrogens is 200 g/mol. The van der Waals surface area contributed by atoms with Crippen molar-refractivity contribution in [3.8, 4) is 0 Å². The van der Waals surface area contributed by atoms with E-state index in [2.05, 4.69) is 13.8 Å². The van der Waals surface area contributed by atoms with Crippen molar-refractivity contribution in [3.05, 3.63) is 35.9 Å². The molecule has 1 rings (SSSR count). The van der Waals surface area contributed by atoms with Crippen molar-refractivity contribution in [1.29, 1.82) is 0 Å². The highest BCUT2D eigenvalue weighted by Gasteiger charge is 2.25. The summed E-state index contributed by atoms with van der Waals surface area (Å²) in [6.07, 6.45) is 0.995. The molecule has 0 fully saturated rings. The lowest BCUT2D eigenvalue weighted by atomic mass is 9.82. The lowest BCUT2D eigenvalue weighted by Gasteiger charge is -2.21. The molecule has 88 valence electrons.